The van der Waals surface area contributed by atoms with Gasteiger partial charge in [-0.05, 0) is 43.2 Å². The van der Waals surface area contributed by atoms with Crippen LogP contribution in [0.2, 0.25) is 0 Å². The molecule has 0 saturated carbocycles. The van der Waals surface area contributed by atoms with Crippen LogP contribution in [0.3, 0.4) is 0 Å². The lowest BCUT2D eigenvalue weighted by Gasteiger charge is -2.11. The number of aryl methyl sites for hydroxylation is 2. The Hall–Kier alpha value is -1.86. The average molecular weight is 388 g/mol. The topological polar surface area (TPSA) is 86.5 Å². The van der Waals surface area contributed by atoms with Crippen molar-refractivity contribution in [2.24, 2.45) is 5.73 Å². The minimum atomic E-state index is -0.716. The number of ether oxygens (including phenoxy) is 2. The summed E-state index contributed by atoms with van der Waals surface area (Å²) >= 11 is 0. The third-order valence-electron chi connectivity index (χ3n) is 3.39. The predicted octanol–water partition coefficient (Wildman–Crippen LogP) is 3.25. The maximum atomic E-state index is 11.8. The number of carbonyl (C=O) groups excluding carboxylic acids is 1. The van der Waals surface area contributed by atoms with Gasteiger partial charge < -0.3 is 20.5 Å². The van der Waals surface area contributed by atoms with Crippen molar-refractivity contribution in [3.05, 3.63) is 47.7 Å². The van der Waals surface area contributed by atoms with Crippen LogP contribution in [-0.4, -0.2) is 30.6 Å². The van der Waals surface area contributed by atoms with Gasteiger partial charge in [0.25, 0.3) is 0 Å². The molecule has 0 aliphatic heterocycles. The molecule has 6 nitrogen and oxygen atoms in total. The number of hydrogen-bond donors (Lipinski definition) is 2. The maximum absolute atomic E-state index is 11.8. The number of nitrogens with zero attached hydrogens (tertiary/aromatic N) is 1. The van der Waals surface area contributed by atoms with E-state index in [-0.39, 0.29) is 37.3 Å². The number of hydrogen-bond acceptors (Lipinski definition) is 5. The van der Waals surface area contributed by atoms with Crippen LogP contribution in [0.5, 0.6) is 11.6 Å². The number of nitrogens with two attached hydrogens (primary N) is 1. The molecule has 0 spiro atoms. The third kappa shape index (κ3) is 6.88. The van der Waals surface area contributed by atoms with Crippen LogP contribution in [0, 0.1) is 13.8 Å². The third-order valence-corrected chi connectivity index (χ3v) is 3.39. The summed E-state index contributed by atoms with van der Waals surface area (Å²) in [6, 6.07) is 8.52. The van der Waals surface area contributed by atoms with Crippen molar-refractivity contribution < 1.29 is 14.3 Å². The fourth-order valence-corrected chi connectivity index (χ4v) is 1.90. The summed E-state index contributed by atoms with van der Waals surface area (Å²) in [4.78, 5) is 15.9. The minimum Gasteiger partial charge on any atom is -0.439 e. The molecule has 2 aromatic rings. The number of anilines is 1. The first kappa shape index (κ1) is 23.1. The number of carbonyl (C=O) groups is 1. The molecule has 0 aliphatic carbocycles. The Bertz CT molecular complexity index is 681. The number of benzene rings is 1. The lowest BCUT2D eigenvalue weighted by Crippen LogP contribution is -2.39. The molecular weight excluding hydrogens is 365 g/mol. The van der Waals surface area contributed by atoms with Gasteiger partial charge in [0.15, 0.2) is 0 Å². The van der Waals surface area contributed by atoms with Gasteiger partial charge in [-0.2, -0.15) is 0 Å². The van der Waals surface area contributed by atoms with Gasteiger partial charge in [0.1, 0.15) is 11.8 Å². The molecule has 0 fully saturated rings. The van der Waals surface area contributed by atoms with Crippen LogP contribution in [-0.2, 0) is 9.53 Å². The molecule has 1 amide bonds. The highest BCUT2D eigenvalue weighted by atomic mass is 35.5. The molecule has 25 heavy (non-hydrogen) atoms. The zero-order valence-corrected chi connectivity index (χ0v) is 15.9. The molecule has 1 atom stereocenters. The fraction of sp³-hybridized carbons (Fsp3) is 0.294. The summed E-state index contributed by atoms with van der Waals surface area (Å²) in [6.45, 7) is 4.23. The highest BCUT2D eigenvalue weighted by Gasteiger charge is 2.13. The largest absolute Gasteiger partial charge is 0.439 e. The van der Waals surface area contributed by atoms with Gasteiger partial charge in [0, 0.05) is 13.2 Å². The van der Waals surface area contributed by atoms with E-state index in [1.54, 1.807) is 12.1 Å². The van der Waals surface area contributed by atoms with E-state index < -0.39 is 6.04 Å². The number of methoxy groups -OCH3 is 1. The zero-order chi connectivity index (χ0) is 16.8. The highest BCUT2D eigenvalue weighted by molar-refractivity contribution is 5.94. The second-order valence-electron chi connectivity index (χ2n) is 5.28. The molecule has 138 valence electrons. The predicted molar refractivity (Wildman–Crippen MR) is 103 cm³/mol. The molecule has 3 N–H and O–H groups in total. The summed E-state index contributed by atoms with van der Waals surface area (Å²) in [5.41, 5.74) is 8.56. The Balaban J connectivity index is 0.00000288. The van der Waals surface area contributed by atoms with E-state index in [1.807, 2.05) is 32.0 Å². The van der Waals surface area contributed by atoms with E-state index >= 15 is 0 Å². The first-order valence-corrected chi connectivity index (χ1v) is 7.26. The van der Waals surface area contributed by atoms with Crippen LogP contribution >= 0.6 is 24.8 Å². The molecule has 1 aromatic carbocycles. The molecule has 0 bridgehead atoms. The van der Waals surface area contributed by atoms with Crippen molar-refractivity contribution in [3.8, 4) is 11.6 Å². The Morgan fingerprint density at radius 2 is 1.92 bits per heavy atom. The Kier molecular flexibility index (Phi) is 10.1. The first-order chi connectivity index (χ1) is 11.0. The second-order valence-corrected chi connectivity index (χ2v) is 5.28. The summed E-state index contributed by atoms with van der Waals surface area (Å²) in [6.07, 6.45) is 1.52. The monoisotopic (exact) mass is 387 g/mol. The van der Waals surface area contributed by atoms with Gasteiger partial charge >= 0.3 is 0 Å². The van der Waals surface area contributed by atoms with E-state index in [1.165, 1.54) is 18.9 Å². The van der Waals surface area contributed by atoms with Gasteiger partial charge in [-0.1, -0.05) is 6.07 Å². The lowest BCUT2D eigenvalue weighted by molar-refractivity contribution is -0.118. The molecule has 0 saturated heterocycles. The van der Waals surface area contributed by atoms with Crippen molar-refractivity contribution >= 4 is 36.4 Å². The SMILES string of the molecule is COCC(N)C(=O)Nc1ccc(Oc2ccc(C)c(C)c2)nc1.Cl.Cl. The van der Waals surface area contributed by atoms with Crippen LogP contribution in [0.4, 0.5) is 5.69 Å². The molecule has 1 unspecified atom stereocenters. The molecule has 0 radical (unpaired) electrons. The average Bonchev–Trinajstić information content (AvgIpc) is 2.53. The molecule has 1 aromatic heterocycles. The van der Waals surface area contributed by atoms with Crippen LogP contribution in [0.1, 0.15) is 11.1 Å². The normalized spacial score (nSPS) is 10.9. The van der Waals surface area contributed by atoms with Gasteiger partial charge in [-0.3, -0.25) is 4.79 Å². The molecule has 2 rings (SSSR count). The summed E-state index contributed by atoms with van der Waals surface area (Å²) in [5.74, 6) is 0.850. The van der Waals surface area contributed by atoms with Gasteiger partial charge in [0.2, 0.25) is 11.8 Å². The van der Waals surface area contributed by atoms with Crippen LogP contribution in [0.25, 0.3) is 0 Å². The minimum absolute atomic E-state index is 0. The number of aromatic nitrogens is 1. The van der Waals surface area contributed by atoms with E-state index in [9.17, 15) is 4.79 Å². The smallest absolute Gasteiger partial charge is 0.243 e. The number of amides is 1. The molecule has 0 aliphatic rings. The van der Waals surface area contributed by atoms with E-state index in [4.69, 9.17) is 15.2 Å². The van der Waals surface area contributed by atoms with Gasteiger partial charge in [0.05, 0.1) is 18.5 Å². The number of rotatable bonds is 6. The van der Waals surface area contributed by atoms with Gasteiger partial charge in [-0.15, -0.1) is 24.8 Å². The van der Waals surface area contributed by atoms with Crippen molar-refractivity contribution in [1.29, 1.82) is 0 Å². The summed E-state index contributed by atoms with van der Waals surface area (Å²) < 4.78 is 10.5. The van der Waals surface area contributed by atoms with Crippen molar-refractivity contribution in [3.63, 3.8) is 0 Å². The van der Waals surface area contributed by atoms with Crippen molar-refractivity contribution in [2.75, 3.05) is 19.0 Å². The molecular formula is C17H23Cl2N3O3. The number of nitrogens with one attached hydrogen (secondary N) is 1. The second kappa shape index (κ2) is 10.9. The number of halogens is 2. The Morgan fingerprint density at radius 1 is 1.20 bits per heavy atom. The van der Waals surface area contributed by atoms with E-state index in [2.05, 4.69) is 10.3 Å². The lowest BCUT2D eigenvalue weighted by atomic mass is 10.1. The summed E-state index contributed by atoms with van der Waals surface area (Å²) in [5, 5.41) is 2.67. The van der Waals surface area contributed by atoms with Crippen LogP contribution in [0.15, 0.2) is 36.5 Å². The summed E-state index contributed by atoms with van der Waals surface area (Å²) in [7, 11) is 1.49. The molecule has 1 heterocycles. The van der Waals surface area contributed by atoms with E-state index in [0.29, 0.717) is 11.6 Å². The van der Waals surface area contributed by atoms with E-state index in [0.717, 1.165) is 11.3 Å². The highest BCUT2D eigenvalue weighted by Crippen LogP contribution is 2.22. The quantitative estimate of drug-likeness (QED) is 0.794. The van der Waals surface area contributed by atoms with Gasteiger partial charge in [-0.25, -0.2) is 4.98 Å². The maximum Gasteiger partial charge on any atom is 0.243 e. The number of pyridine rings is 1. The van der Waals surface area contributed by atoms with Crippen molar-refractivity contribution in [2.45, 2.75) is 19.9 Å². The fourth-order valence-electron chi connectivity index (χ4n) is 1.90. The Labute approximate surface area is 159 Å². The molecule has 8 heteroatoms. The first-order valence-electron chi connectivity index (χ1n) is 7.26. The Morgan fingerprint density at radius 3 is 2.48 bits per heavy atom. The standard InChI is InChI=1S/C17H21N3O3.2ClH/c1-11-4-6-14(8-12(11)2)23-16-7-5-13(9-19-16)20-17(21)15(18)10-22-3;;/h4-9,15H,10,18H2,1-3H3,(H,20,21);2*1H. The van der Waals surface area contributed by atoms with Crippen molar-refractivity contribution in [1.82, 2.24) is 4.98 Å². The zero-order valence-electron chi connectivity index (χ0n) is 14.3. The van der Waals surface area contributed by atoms with Crippen LogP contribution < -0.4 is 15.8 Å².